The fraction of sp³-hybridized carbons (Fsp3) is 0.333. The molecule has 0 spiro atoms. The van der Waals surface area contributed by atoms with E-state index < -0.39 is 17.9 Å². The maximum Gasteiger partial charge on any atom is 0.325 e. The number of carboxylic acid groups (broad SMARTS) is 1. The van der Waals surface area contributed by atoms with Gasteiger partial charge in [-0.05, 0) is 57.0 Å². The van der Waals surface area contributed by atoms with Crippen molar-refractivity contribution in [2.24, 2.45) is 0 Å². The molecule has 154 valence electrons. The number of aromatic nitrogens is 1. The zero-order valence-electron chi connectivity index (χ0n) is 16.9. The Labute approximate surface area is 168 Å². The fourth-order valence-corrected chi connectivity index (χ4v) is 3.09. The van der Waals surface area contributed by atoms with Crippen LogP contribution < -0.4 is 10.6 Å². The molecule has 2 aromatic rings. The number of amides is 2. The molecule has 0 bridgehead atoms. The maximum atomic E-state index is 12.7. The Kier molecular flexibility index (Phi) is 6.93. The second kappa shape index (κ2) is 9.18. The number of rotatable bonds is 8. The SMILES string of the molecule is CCCc1c(C(=O)Nc2ccc(C(=O)NC(C)C(=O)O)cc2)[nH]c(C)c1C(C)=O. The molecule has 0 fully saturated rings. The average Bonchev–Trinajstić information content (AvgIpc) is 2.98. The van der Waals surface area contributed by atoms with Gasteiger partial charge in [0, 0.05) is 22.5 Å². The number of carbonyl (C=O) groups is 4. The summed E-state index contributed by atoms with van der Waals surface area (Å²) >= 11 is 0. The van der Waals surface area contributed by atoms with Crippen LogP contribution in [0, 0.1) is 6.92 Å². The molecule has 0 aliphatic carbocycles. The third kappa shape index (κ3) is 5.10. The standard InChI is InChI=1S/C21H25N3O5/c1-5-6-16-17(13(4)25)11(2)22-18(16)20(27)24-15-9-7-14(8-10-15)19(26)23-12(3)21(28)29/h7-10,12,22H,5-6H2,1-4H3,(H,23,26)(H,24,27)(H,28,29). The van der Waals surface area contributed by atoms with Crippen molar-refractivity contribution in [3.63, 3.8) is 0 Å². The average molecular weight is 399 g/mol. The highest BCUT2D eigenvalue weighted by atomic mass is 16.4. The van der Waals surface area contributed by atoms with Crippen molar-refractivity contribution in [3.8, 4) is 0 Å². The minimum absolute atomic E-state index is 0.0906. The van der Waals surface area contributed by atoms with Gasteiger partial charge in [-0.3, -0.25) is 19.2 Å². The number of H-pyrrole nitrogens is 1. The van der Waals surface area contributed by atoms with Crippen LogP contribution in [0.2, 0.25) is 0 Å². The van der Waals surface area contributed by atoms with Gasteiger partial charge in [-0.15, -0.1) is 0 Å². The van der Waals surface area contributed by atoms with Crippen molar-refractivity contribution in [1.29, 1.82) is 0 Å². The van der Waals surface area contributed by atoms with Crippen LogP contribution >= 0.6 is 0 Å². The first-order valence-electron chi connectivity index (χ1n) is 9.33. The molecule has 29 heavy (non-hydrogen) atoms. The summed E-state index contributed by atoms with van der Waals surface area (Å²) in [6, 6.07) is 5.09. The summed E-state index contributed by atoms with van der Waals surface area (Å²) in [7, 11) is 0. The summed E-state index contributed by atoms with van der Waals surface area (Å²) in [6.07, 6.45) is 1.39. The Balaban J connectivity index is 2.18. The third-order valence-electron chi connectivity index (χ3n) is 4.49. The highest BCUT2D eigenvalue weighted by Crippen LogP contribution is 2.22. The van der Waals surface area contributed by atoms with E-state index >= 15 is 0 Å². The Morgan fingerprint density at radius 2 is 1.72 bits per heavy atom. The molecule has 8 nitrogen and oxygen atoms in total. The van der Waals surface area contributed by atoms with E-state index in [1.54, 1.807) is 19.1 Å². The topological polar surface area (TPSA) is 128 Å². The number of carbonyl (C=O) groups excluding carboxylic acids is 3. The fourth-order valence-electron chi connectivity index (χ4n) is 3.09. The minimum atomic E-state index is -1.13. The van der Waals surface area contributed by atoms with Gasteiger partial charge < -0.3 is 20.7 Å². The predicted octanol–water partition coefficient (Wildman–Crippen LogP) is 2.93. The number of carboxylic acids is 1. The minimum Gasteiger partial charge on any atom is -0.480 e. The number of hydrogen-bond donors (Lipinski definition) is 4. The van der Waals surface area contributed by atoms with E-state index in [0.29, 0.717) is 34.6 Å². The van der Waals surface area contributed by atoms with Crippen LogP contribution in [0.3, 0.4) is 0 Å². The van der Waals surface area contributed by atoms with Gasteiger partial charge in [0.2, 0.25) is 0 Å². The first-order chi connectivity index (χ1) is 13.6. The van der Waals surface area contributed by atoms with Gasteiger partial charge in [0.05, 0.1) is 0 Å². The third-order valence-corrected chi connectivity index (χ3v) is 4.49. The Morgan fingerprint density at radius 1 is 1.10 bits per heavy atom. The second-order valence-corrected chi connectivity index (χ2v) is 6.85. The van der Waals surface area contributed by atoms with Gasteiger partial charge in [-0.25, -0.2) is 0 Å². The molecular weight excluding hydrogens is 374 g/mol. The molecule has 0 radical (unpaired) electrons. The molecule has 1 aromatic heterocycles. The number of benzene rings is 1. The second-order valence-electron chi connectivity index (χ2n) is 6.85. The molecule has 0 aliphatic rings. The number of hydrogen-bond acceptors (Lipinski definition) is 4. The van der Waals surface area contributed by atoms with Crippen LogP contribution in [0.15, 0.2) is 24.3 Å². The number of ketones is 1. The van der Waals surface area contributed by atoms with E-state index in [1.807, 2.05) is 6.92 Å². The van der Waals surface area contributed by atoms with Gasteiger partial charge in [-0.2, -0.15) is 0 Å². The number of anilines is 1. The highest BCUT2D eigenvalue weighted by molar-refractivity contribution is 6.08. The van der Waals surface area contributed by atoms with Crippen LogP contribution in [-0.4, -0.2) is 39.7 Å². The summed E-state index contributed by atoms with van der Waals surface area (Å²) in [5.74, 6) is -2.11. The Morgan fingerprint density at radius 3 is 2.24 bits per heavy atom. The lowest BCUT2D eigenvalue weighted by Crippen LogP contribution is -2.38. The van der Waals surface area contributed by atoms with Gasteiger partial charge in [-0.1, -0.05) is 13.3 Å². The van der Waals surface area contributed by atoms with Crippen LogP contribution in [0.25, 0.3) is 0 Å². The van der Waals surface area contributed by atoms with Crippen LogP contribution in [0.1, 0.15) is 69.7 Å². The number of aromatic amines is 1. The molecule has 4 N–H and O–H groups in total. The van der Waals surface area contributed by atoms with E-state index in [2.05, 4.69) is 15.6 Å². The van der Waals surface area contributed by atoms with Gasteiger partial charge >= 0.3 is 5.97 Å². The van der Waals surface area contributed by atoms with Gasteiger partial charge in [0.15, 0.2) is 5.78 Å². The molecule has 2 rings (SSSR count). The lowest BCUT2D eigenvalue weighted by atomic mass is 10.0. The van der Waals surface area contributed by atoms with Crippen molar-refractivity contribution >= 4 is 29.3 Å². The van der Waals surface area contributed by atoms with Gasteiger partial charge in [0.25, 0.3) is 11.8 Å². The first-order valence-corrected chi connectivity index (χ1v) is 9.33. The van der Waals surface area contributed by atoms with Crippen LogP contribution in [0.4, 0.5) is 5.69 Å². The zero-order valence-corrected chi connectivity index (χ0v) is 16.9. The van der Waals surface area contributed by atoms with Crippen molar-refractivity contribution in [3.05, 3.63) is 52.3 Å². The van der Waals surface area contributed by atoms with Crippen molar-refractivity contribution in [2.75, 3.05) is 5.32 Å². The summed E-state index contributed by atoms with van der Waals surface area (Å²) in [5.41, 5.74) is 3.01. The molecule has 8 heteroatoms. The molecule has 1 atom stereocenters. The lowest BCUT2D eigenvalue weighted by Gasteiger charge is -2.10. The summed E-state index contributed by atoms with van der Waals surface area (Å²) in [5, 5.41) is 14.0. The van der Waals surface area contributed by atoms with Crippen LogP contribution in [-0.2, 0) is 11.2 Å². The van der Waals surface area contributed by atoms with Crippen molar-refractivity contribution in [1.82, 2.24) is 10.3 Å². The molecular formula is C21H25N3O5. The summed E-state index contributed by atoms with van der Waals surface area (Å²) < 4.78 is 0. The van der Waals surface area contributed by atoms with Crippen molar-refractivity contribution in [2.45, 2.75) is 46.6 Å². The number of aliphatic carboxylic acids is 1. The first kappa shape index (κ1) is 21.9. The normalized spacial score (nSPS) is 11.6. The van der Waals surface area contributed by atoms with E-state index in [9.17, 15) is 19.2 Å². The number of Topliss-reactive ketones (excluding diaryl/α,β-unsaturated/α-hetero) is 1. The quantitative estimate of drug-likeness (QED) is 0.507. The maximum absolute atomic E-state index is 12.7. The Bertz CT molecular complexity index is 944. The molecule has 0 saturated heterocycles. The molecule has 1 unspecified atom stereocenters. The highest BCUT2D eigenvalue weighted by Gasteiger charge is 2.22. The monoisotopic (exact) mass is 399 g/mol. The molecule has 1 heterocycles. The zero-order chi connectivity index (χ0) is 21.7. The predicted molar refractivity (Wildman–Crippen MR) is 108 cm³/mol. The number of aryl methyl sites for hydroxylation is 1. The Hall–Kier alpha value is -3.42. The largest absolute Gasteiger partial charge is 0.480 e. The van der Waals surface area contributed by atoms with Crippen molar-refractivity contribution < 1.29 is 24.3 Å². The summed E-state index contributed by atoms with van der Waals surface area (Å²) in [6.45, 7) is 6.59. The molecule has 1 aromatic carbocycles. The molecule has 0 aliphatic heterocycles. The lowest BCUT2D eigenvalue weighted by molar-refractivity contribution is -0.138. The smallest absolute Gasteiger partial charge is 0.325 e. The van der Waals surface area contributed by atoms with E-state index in [4.69, 9.17) is 5.11 Å². The van der Waals surface area contributed by atoms with E-state index in [1.165, 1.54) is 26.0 Å². The molecule has 2 amide bonds. The van der Waals surface area contributed by atoms with E-state index in [-0.39, 0.29) is 17.3 Å². The number of nitrogens with one attached hydrogen (secondary N) is 3. The van der Waals surface area contributed by atoms with Gasteiger partial charge in [0.1, 0.15) is 11.7 Å². The summed E-state index contributed by atoms with van der Waals surface area (Å²) in [4.78, 5) is 50.6. The molecule has 0 saturated carbocycles. The van der Waals surface area contributed by atoms with Crippen LogP contribution in [0.5, 0.6) is 0 Å². The van der Waals surface area contributed by atoms with E-state index in [0.717, 1.165) is 6.42 Å².